The molecule has 0 unspecified atom stereocenters. The Kier molecular flexibility index (Phi) is 3.07. The maximum absolute atomic E-state index is 2.36. The molecule has 0 radical (unpaired) electrons. The predicted octanol–water partition coefficient (Wildman–Crippen LogP) is 10.1. The summed E-state index contributed by atoms with van der Waals surface area (Å²) in [4.78, 5) is 0. The summed E-state index contributed by atoms with van der Waals surface area (Å²) in [7, 11) is 0. The number of hydrogen-bond donors (Lipinski definition) is 0. The molecule has 0 atom stereocenters. The smallest absolute Gasteiger partial charge is 0.00134 e. The molecule has 35 heavy (non-hydrogen) atoms. The van der Waals surface area contributed by atoms with E-state index >= 15 is 0 Å². The minimum atomic E-state index is 1.31. The van der Waals surface area contributed by atoms with Crippen molar-refractivity contribution in [2.75, 3.05) is 0 Å². The van der Waals surface area contributed by atoms with Gasteiger partial charge in [-0.3, -0.25) is 0 Å². The molecular weight excluding hydrogens is 420 g/mol. The van der Waals surface area contributed by atoms with E-state index in [1.54, 1.807) is 0 Å². The van der Waals surface area contributed by atoms with Gasteiger partial charge in [-0.1, -0.05) is 103 Å². The summed E-state index contributed by atoms with van der Waals surface area (Å²) in [6.45, 7) is 2.23. The van der Waals surface area contributed by atoms with Crippen LogP contribution in [0.1, 0.15) is 5.56 Å². The van der Waals surface area contributed by atoms with Crippen LogP contribution in [0, 0.1) is 6.92 Å². The first kappa shape index (κ1) is 18.0. The molecule has 0 heterocycles. The van der Waals surface area contributed by atoms with E-state index in [0.717, 1.165) is 0 Å². The minimum absolute atomic E-state index is 1.31. The van der Waals surface area contributed by atoms with Crippen LogP contribution in [-0.2, 0) is 0 Å². The Morgan fingerprint density at radius 3 is 1.26 bits per heavy atom. The predicted molar refractivity (Wildman–Crippen MR) is 154 cm³/mol. The maximum Gasteiger partial charge on any atom is -0.00134 e. The van der Waals surface area contributed by atoms with Crippen LogP contribution in [0.5, 0.6) is 0 Å². The van der Waals surface area contributed by atoms with Gasteiger partial charge >= 0.3 is 0 Å². The Balaban J connectivity index is 1.76. The van der Waals surface area contributed by atoms with Gasteiger partial charge in [0.05, 0.1) is 0 Å². The summed E-state index contributed by atoms with van der Waals surface area (Å²) < 4.78 is 0. The van der Waals surface area contributed by atoms with Crippen molar-refractivity contribution in [3.05, 3.63) is 109 Å². The van der Waals surface area contributed by atoms with E-state index < -0.39 is 0 Å². The third kappa shape index (κ3) is 1.98. The Morgan fingerprint density at radius 2 is 0.657 bits per heavy atom. The van der Waals surface area contributed by atoms with Gasteiger partial charge in [-0.2, -0.15) is 0 Å². The highest BCUT2D eigenvalue weighted by Gasteiger charge is 2.21. The Labute approximate surface area is 201 Å². The molecule has 0 saturated heterocycles. The van der Waals surface area contributed by atoms with Crippen LogP contribution in [0.2, 0.25) is 0 Å². The van der Waals surface area contributed by atoms with E-state index in [-0.39, 0.29) is 0 Å². The van der Waals surface area contributed by atoms with Crippen LogP contribution < -0.4 is 0 Å². The zero-order valence-electron chi connectivity index (χ0n) is 19.3. The molecule has 0 N–H and O–H groups in total. The van der Waals surface area contributed by atoms with Gasteiger partial charge in [-0.15, -0.1) is 0 Å². The lowest BCUT2D eigenvalue weighted by Gasteiger charge is -2.21. The molecule has 9 aromatic carbocycles. The molecule has 9 aromatic rings. The first-order chi connectivity index (χ1) is 17.3. The van der Waals surface area contributed by atoms with Crippen molar-refractivity contribution < 1.29 is 0 Å². The lowest BCUT2D eigenvalue weighted by molar-refractivity contribution is 1.55. The van der Waals surface area contributed by atoms with Gasteiger partial charge in [0.25, 0.3) is 0 Å². The third-order valence-electron chi connectivity index (χ3n) is 8.45. The second-order valence-electron chi connectivity index (χ2n) is 10.1. The molecule has 0 aliphatic carbocycles. The minimum Gasteiger partial charge on any atom is -0.0610 e. The molecule has 9 rings (SSSR count). The van der Waals surface area contributed by atoms with Crippen LogP contribution in [0.4, 0.5) is 0 Å². The molecule has 0 nitrogen and oxygen atoms in total. The first-order valence-corrected chi connectivity index (χ1v) is 12.4. The van der Waals surface area contributed by atoms with Gasteiger partial charge in [-0.05, 0) is 98.7 Å². The molecular formula is C35H20. The third-order valence-corrected chi connectivity index (χ3v) is 8.45. The van der Waals surface area contributed by atoms with E-state index in [1.807, 2.05) is 0 Å². The Morgan fingerprint density at radius 1 is 0.286 bits per heavy atom. The van der Waals surface area contributed by atoms with Gasteiger partial charge < -0.3 is 0 Å². The average molecular weight is 441 g/mol. The molecule has 0 heteroatoms. The topological polar surface area (TPSA) is 0 Å². The zero-order valence-corrected chi connectivity index (χ0v) is 19.3. The van der Waals surface area contributed by atoms with Crippen molar-refractivity contribution in [1.29, 1.82) is 0 Å². The zero-order chi connectivity index (χ0) is 22.8. The van der Waals surface area contributed by atoms with Crippen LogP contribution >= 0.6 is 0 Å². The standard InChI is InChI=1S/C35H20/c1-19-17-18-29-31-21(19)9-4-11-23(31)25-13-6-15-27-33(25)35(29)28-16-5-12-24-22-10-2-7-20-8-3-14-26(30(20)22)34(27)32(24)28/h2-18H,1H3. The first-order valence-electron chi connectivity index (χ1n) is 12.4. The fourth-order valence-corrected chi connectivity index (χ4v) is 7.10. The highest BCUT2D eigenvalue weighted by molar-refractivity contribution is 6.47. The largest absolute Gasteiger partial charge is 0.0610 e. The summed E-state index contributed by atoms with van der Waals surface area (Å²) in [5, 5.41) is 21.9. The molecule has 0 aliphatic rings. The van der Waals surface area contributed by atoms with E-state index in [1.165, 1.54) is 91.7 Å². The second-order valence-corrected chi connectivity index (χ2v) is 10.1. The summed E-state index contributed by atoms with van der Waals surface area (Å²) in [6, 6.07) is 38.9. The van der Waals surface area contributed by atoms with Gasteiger partial charge in [0.2, 0.25) is 0 Å². The lowest BCUT2D eigenvalue weighted by Crippen LogP contribution is -1.93. The molecule has 0 aliphatic heterocycles. The van der Waals surface area contributed by atoms with Crippen LogP contribution in [0.25, 0.3) is 86.2 Å². The monoisotopic (exact) mass is 440 g/mol. The van der Waals surface area contributed by atoms with Gasteiger partial charge in [0.1, 0.15) is 0 Å². The van der Waals surface area contributed by atoms with Crippen molar-refractivity contribution in [2.45, 2.75) is 6.92 Å². The molecule has 0 spiro atoms. The van der Waals surface area contributed by atoms with Crippen molar-refractivity contribution in [3.63, 3.8) is 0 Å². The molecule has 0 saturated carbocycles. The van der Waals surface area contributed by atoms with Crippen molar-refractivity contribution in [2.24, 2.45) is 0 Å². The number of hydrogen-bond acceptors (Lipinski definition) is 0. The number of fused-ring (bicyclic) bond motifs is 6. The number of rotatable bonds is 0. The van der Waals surface area contributed by atoms with Crippen LogP contribution in [0.3, 0.4) is 0 Å². The van der Waals surface area contributed by atoms with Gasteiger partial charge in [0, 0.05) is 0 Å². The van der Waals surface area contributed by atoms with E-state index in [4.69, 9.17) is 0 Å². The molecule has 0 fully saturated rings. The molecule has 0 aromatic heterocycles. The second kappa shape index (κ2) is 5.98. The van der Waals surface area contributed by atoms with Crippen molar-refractivity contribution in [1.82, 2.24) is 0 Å². The summed E-state index contributed by atoms with van der Waals surface area (Å²) in [5.41, 5.74) is 1.34. The van der Waals surface area contributed by atoms with E-state index in [2.05, 4.69) is 110 Å². The fraction of sp³-hybridized carbons (Fsp3) is 0.0286. The van der Waals surface area contributed by atoms with E-state index in [9.17, 15) is 0 Å². The summed E-state index contributed by atoms with van der Waals surface area (Å²) in [6.07, 6.45) is 0. The van der Waals surface area contributed by atoms with Crippen LogP contribution in [-0.4, -0.2) is 0 Å². The highest BCUT2D eigenvalue weighted by atomic mass is 14.2. The average Bonchev–Trinajstić information content (AvgIpc) is 2.91. The SMILES string of the molecule is Cc1ccc2c3c1cccc3c1cccc3c1c2c1cccc2c4cccc5cccc(c54)c3c21. The van der Waals surface area contributed by atoms with E-state index in [0.29, 0.717) is 0 Å². The number of benzene rings is 9. The normalized spacial score (nSPS) is 12.7. The Bertz CT molecular complexity index is 2310. The van der Waals surface area contributed by atoms with Gasteiger partial charge in [0.15, 0.2) is 0 Å². The number of aryl methyl sites for hydroxylation is 1. The van der Waals surface area contributed by atoms with Crippen LogP contribution in [0.15, 0.2) is 103 Å². The molecule has 0 amide bonds. The molecule has 0 bridgehead atoms. The fourth-order valence-electron chi connectivity index (χ4n) is 7.10. The van der Waals surface area contributed by atoms with Crippen molar-refractivity contribution in [3.8, 4) is 0 Å². The highest BCUT2D eigenvalue weighted by Crippen LogP contribution is 2.50. The molecule has 160 valence electrons. The lowest BCUT2D eigenvalue weighted by atomic mass is 9.81. The van der Waals surface area contributed by atoms with Gasteiger partial charge in [-0.25, -0.2) is 0 Å². The Hall–Kier alpha value is -4.42. The maximum atomic E-state index is 2.36. The summed E-state index contributed by atoms with van der Waals surface area (Å²) >= 11 is 0. The summed E-state index contributed by atoms with van der Waals surface area (Å²) in [5.74, 6) is 0. The quantitative estimate of drug-likeness (QED) is 0.162. The van der Waals surface area contributed by atoms with Crippen molar-refractivity contribution >= 4 is 86.2 Å².